The summed E-state index contributed by atoms with van der Waals surface area (Å²) in [5.41, 5.74) is 0.510. The third-order valence-corrected chi connectivity index (χ3v) is 4.39. The van der Waals surface area contributed by atoms with Gasteiger partial charge >= 0.3 is 0 Å². The zero-order valence-electron chi connectivity index (χ0n) is 13.0. The van der Waals surface area contributed by atoms with Gasteiger partial charge in [-0.25, -0.2) is 0 Å². The lowest BCUT2D eigenvalue weighted by Crippen LogP contribution is -2.46. The molecule has 4 nitrogen and oxygen atoms in total. The van der Waals surface area contributed by atoms with Crippen molar-refractivity contribution >= 4 is 29.1 Å². The standard InChI is InChI=1S/C16H22Cl2N2O2/c1-19(2)7-8-20(13-5-9-22-10-6-13)16(21)14-4-3-12(17)11-15(14)18/h3-4,11,13H,5-10H2,1-2H3. The van der Waals surface area contributed by atoms with Gasteiger partial charge in [0.15, 0.2) is 0 Å². The first-order valence-corrected chi connectivity index (χ1v) is 8.23. The van der Waals surface area contributed by atoms with E-state index in [1.807, 2.05) is 19.0 Å². The number of halogens is 2. The minimum absolute atomic E-state index is 0.0320. The molecule has 0 unspecified atom stereocenters. The van der Waals surface area contributed by atoms with E-state index in [2.05, 4.69) is 4.90 Å². The van der Waals surface area contributed by atoms with Crippen LogP contribution in [0.5, 0.6) is 0 Å². The molecular formula is C16H22Cl2N2O2. The van der Waals surface area contributed by atoms with E-state index in [0.29, 0.717) is 35.4 Å². The van der Waals surface area contributed by atoms with Gasteiger partial charge in [-0.3, -0.25) is 4.79 Å². The monoisotopic (exact) mass is 344 g/mol. The van der Waals surface area contributed by atoms with Crippen molar-refractivity contribution in [3.63, 3.8) is 0 Å². The van der Waals surface area contributed by atoms with Gasteiger partial charge in [-0.2, -0.15) is 0 Å². The van der Waals surface area contributed by atoms with E-state index in [1.165, 1.54) is 0 Å². The van der Waals surface area contributed by atoms with Gasteiger partial charge in [0.2, 0.25) is 0 Å². The minimum Gasteiger partial charge on any atom is -0.381 e. The van der Waals surface area contributed by atoms with Gasteiger partial charge in [-0.1, -0.05) is 23.2 Å². The van der Waals surface area contributed by atoms with Gasteiger partial charge in [0.1, 0.15) is 0 Å². The molecular weight excluding hydrogens is 323 g/mol. The topological polar surface area (TPSA) is 32.8 Å². The van der Waals surface area contributed by atoms with E-state index in [9.17, 15) is 4.79 Å². The molecule has 0 aromatic heterocycles. The molecule has 1 amide bonds. The summed E-state index contributed by atoms with van der Waals surface area (Å²) in [4.78, 5) is 16.9. The Morgan fingerprint density at radius 2 is 1.91 bits per heavy atom. The average molecular weight is 345 g/mol. The summed E-state index contributed by atoms with van der Waals surface area (Å²) in [5, 5.41) is 0.937. The molecule has 1 aliphatic rings. The Balaban J connectivity index is 2.20. The van der Waals surface area contributed by atoms with E-state index in [1.54, 1.807) is 18.2 Å². The van der Waals surface area contributed by atoms with Gasteiger partial charge in [0, 0.05) is 37.4 Å². The van der Waals surface area contributed by atoms with Crippen molar-refractivity contribution in [2.45, 2.75) is 18.9 Å². The second-order valence-corrected chi connectivity index (χ2v) is 6.61. The largest absolute Gasteiger partial charge is 0.381 e. The normalized spacial score (nSPS) is 16.0. The summed E-state index contributed by atoms with van der Waals surface area (Å²) in [7, 11) is 4.00. The average Bonchev–Trinajstić information content (AvgIpc) is 2.48. The fourth-order valence-electron chi connectivity index (χ4n) is 2.57. The molecule has 1 fully saturated rings. The van der Waals surface area contributed by atoms with Crippen molar-refractivity contribution in [1.82, 2.24) is 9.80 Å². The Hall–Kier alpha value is -0.810. The molecule has 1 saturated heterocycles. The van der Waals surface area contributed by atoms with Gasteiger partial charge in [-0.05, 0) is 45.1 Å². The first-order valence-electron chi connectivity index (χ1n) is 7.47. The smallest absolute Gasteiger partial charge is 0.255 e. The number of likely N-dealkylation sites (N-methyl/N-ethyl adjacent to an activating group) is 1. The molecule has 0 bridgehead atoms. The van der Waals surface area contributed by atoms with Crippen molar-refractivity contribution in [2.75, 3.05) is 40.4 Å². The molecule has 0 N–H and O–H groups in total. The number of hydrogen-bond acceptors (Lipinski definition) is 3. The van der Waals surface area contributed by atoms with Crippen LogP contribution in [-0.4, -0.2) is 62.1 Å². The molecule has 6 heteroatoms. The third kappa shape index (κ3) is 4.59. The lowest BCUT2D eigenvalue weighted by Gasteiger charge is -2.35. The number of nitrogens with zero attached hydrogens (tertiary/aromatic N) is 2. The third-order valence-electron chi connectivity index (χ3n) is 3.84. The van der Waals surface area contributed by atoms with Crippen LogP contribution in [0.25, 0.3) is 0 Å². The van der Waals surface area contributed by atoms with Gasteiger partial charge in [-0.15, -0.1) is 0 Å². The zero-order valence-corrected chi connectivity index (χ0v) is 14.5. The number of amides is 1. The van der Waals surface area contributed by atoms with Crippen LogP contribution in [0.4, 0.5) is 0 Å². The van der Waals surface area contributed by atoms with Gasteiger partial charge in [0.05, 0.1) is 10.6 Å². The lowest BCUT2D eigenvalue weighted by atomic mass is 10.1. The first-order chi connectivity index (χ1) is 10.5. The maximum Gasteiger partial charge on any atom is 0.255 e. The highest BCUT2D eigenvalue weighted by atomic mass is 35.5. The van der Waals surface area contributed by atoms with Crippen LogP contribution in [0.2, 0.25) is 10.0 Å². The van der Waals surface area contributed by atoms with Crippen LogP contribution in [-0.2, 0) is 4.74 Å². The maximum absolute atomic E-state index is 12.9. The summed E-state index contributed by atoms with van der Waals surface area (Å²) in [6, 6.07) is 5.22. The van der Waals surface area contributed by atoms with Gasteiger partial charge < -0.3 is 14.5 Å². The predicted octanol–water partition coefficient (Wildman–Crippen LogP) is 3.18. The summed E-state index contributed by atoms with van der Waals surface area (Å²) in [5.74, 6) is -0.0320. The van der Waals surface area contributed by atoms with E-state index < -0.39 is 0 Å². The second-order valence-electron chi connectivity index (χ2n) is 5.77. The number of ether oxygens (including phenoxy) is 1. The first kappa shape index (κ1) is 17.5. The summed E-state index contributed by atoms with van der Waals surface area (Å²) in [6.07, 6.45) is 1.73. The fourth-order valence-corrected chi connectivity index (χ4v) is 3.06. The SMILES string of the molecule is CN(C)CCN(C(=O)c1ccc(Cl)cc1Cl)C1CCOCC1. The number of carbonyl (C=O) groups excluding carboxylic acids is 1. The molecule has 0 radical (unpaired) electrons. The molecule has 22 heavy (non-hydrogen) atoms. The predicted molar refractivity (Wildman–Crippen MR) is 89.9 cm³/mol. The van der Waals surface area contributed by atoms with Crippen LogP contribution in [0.3, 0.4) is 0 Å². The van der Waals surface area contributed by atoms with Crippen molar-refractivity contribution < 1.29 is 9.53 Å². The highest BCUT2D eigenvalue weighted by Gasteiger charge is 2.27. The van der Waals surface area contributed by atoms with E-state index >= 15 is 0 Å². The lowest BCUT2D eigenvalue weighted by molar-refractivity contribution is 0.0276. The molecule has 0 atom stereocenters. The Morgan fingerprint density at radius 3 is 2.50 bits per heavy atom. The van der Waals surface area contributed by atoms with E-state index in [-0.39, 0.29) is 11.9 Å². The molecule has 2 rings (SSSR count). The number of hydrogen-bond donors (Lipinski definition) is 0. The molecule has 0 aliphatic carbocycles. The second kappa shape index (κ2) is 8.16. The van der Waals surface area contributed by atoms with Crippen molar-refractivity contribution in [3.05, 3.63) is 33.8 Å². The quantitative estimate of drug-likeness (QED) is 0.822. The number of benzene rings is 1. The molecule has 1 heterocycles. The Bertz CT molecular complexity index is 517. The number of carbonyl (C=O) groups is 1. The van der Waals surface area contributed by atoms with E-state index in [0.717, 1.165) is 19.4 Å². The number of rotatable bonds is 5. The van der Waals surface area contributed by atoms with Crippen molar-refractivity contribution in [1.29, 1.82) is 0 Å². The maximum atomic E-state index is 12.9. The summed E-state index contributed by atoms with van der Waals surface area (Å²) < 4.78 is 5.41. The Kier molecular flexibility index (Phi) is 6.50. The molecule has 0 saturated carbocycles. The molecule has 1 aromatic carbocycles. The van der Waals surface area contributed by atoms with E-state index in [4.69, 9.17) is 27.9 Å². The molecule has 1 aliphatic heterocycles. The Labute approximate surface area is 141 Å². The summed E-state index contributed by atoms with van der Waals surface area (Å²) in [6.45, 7) is 2.89. The molecule has 0 spiro atoms. The highest BCUT2D eigenvalue weighted by Crippen LogP contribution is 2.24. The van der Waals surface area contributed by atoms with Crippen LogP contribution in [0.15, 0.2) is 18.2 Å². The molecule has 122 valence electrons. The van der Waals surface area contributed by atoms with Crippen LogP contribution < -0.4 is 0 Å². The molecule has 1 aromatic rings. The minimum atomic E-state index is -0.0320. The van der Waals surface area contributed by atoms with Crippen LogP contribution >= 0.6 is 23.2 Å². The fraction of sp³-hybridized carbons (Fsp3) is 0.562. The van der Waals surface area contributed by atoms with Crippen molar-refractivity contribution in [3.8, 4) is 0 Å². The Morgan fingerprint density at radius 1 is 1.23 bits per heavy atom. The van der Waals surface area contributed by atoms with Crippen LogP contribution in [0, 0.1) is 0 Å². The van der Waals surface area contributed by atoms with Gasteiger partial charge in [0.25, 0.3) is 5.91 Å². The van der Waals surface area contributed by atoms with Crippen LogP contribution in [0.1, 0.15) is 23.2 Å². The zero-order chi connectivity index (χ0) is 16.1. The van der Waals surface area contributed by atoms with Crippen molar-refractivity contribution in [2.24, 2.45) is 0 Å². The summed E-state index contributed by atoms with van der Waals surface area (Å²) >= 11 is 12.1. The highest BCUT2D eigenvalue weighted by molar-refractivity contribution is 6.36.